The van der Waals surface area contributed by atoms with Gasteiger partial charge < -0.3 is 9.64 Å². The number of methoxy groups -OCH3 is 1. The Hall–Kier alpha value is -1.66. The highest BCUT2D eigenvalue weighted by atomic mass is 35.5. The van der Waals surface area contributed by atoms with Crippen molar-refractivity contribution < 1.29 is 14.5 Å². The van der Waals surface area contributed by atoms with Crippen LogP contribution in [0.4, 0.5) is 5.69 Å². The molecule has 6 nitrogen and oxygen atoms in total. The lowest BCUT2D eigenvalue weighted by Gasteiger charge is -2.19. The molecular formula is C13H17ClN2O4. The lowest BCUT2D eigenvalue weighted by Crippen LogP contribution is -2.29. The summed E-state index contributed by atoms with van der Waals surface area (Å²) in [6.45, 7) is 2.56. The van der Waals surface area contributed by atoms with Crippen molar-refractivity contribution in [3.8, 4) is 0 Å². The summed E-state index contributed by atoms with van der Waals surface area (Å²) >= 11 is 5.76. The van der Waals surface area contributed by atoms with Crippen LogP contribution in [0.5, 0.6) is 0 Å². The molecule has 0 amide bonds. The van der Waals surface area contributed by atoms with Gasteiger partial charge in [0.1, 0.15) is 0 Å². The minimum absolute atomic E-state index is 0.0185. The zero-order valence-electron chi connectivity index (χ0n) is 11.6. The van der Waals surface area contributed by atoms with E-state index < -0.39 is 4.92 Å². The lowest BCUT2D eigenvalue weighted by molar-refractivity contribution is -0.385. The van der Waals surface area contributed by atoms with Gasteiger partial charge in [-0.25, -0.2) is 0 Å². The number of ether oxygens (including phenoxy) is 1. The molecular weight excluding hydrogens is 284 g/mol. The summed E-state index contributed by atoms with van der Waals surface area (Å²) < 4.78 is 4.65. The molecule has 0 bridgehead atoms. The van der Waals surface area contributed by atoms with Gasteiger partial charge >= 0.3 is 5.97 Å². The molecule has 1 aromatic carbocycles. The lowest BCUT2D eigenvalue weighted by atomic mass is 10.1. The number of nitro benzene ring substituents is 1. The molecule has 0 spiro atoms. The van der Waals surface area contributed by atoms with Crippen LogP contribution in [-0.2, 0) is 16.1 Å². The molecule has 1 rings (SSSR count). The summed E-state index contributed by atoms with van der Waals surface area (Å²) in [5.41, 5.74) is 0.536. The van der Waals surface area contributed by atoms with E-state index >= 15 is 0 Å². The Morgan fingerprint density at radius 1 is 1.55 bits per heavy atom. The molecule has 110 valence electrons. The molecule has 7 heteroatoms. The Kier molecular flexibility index (Phi) is 5.91. The predicted octanol–water partition coefficient (Wildman–Crippen LogP) is 2.49. The highest BCUT2D eigenvalue weighted by Gasteiger charge is 2.19. The zero-order valence-corrected chi connectivity index (χ0v) is 12.4. The first-order valence-electron chi connectivity index (χ1n) is 6.04. The van der Waals surface area contributed by atoms with Gasteiger partial charge in [0.2, 0.25) is 0 Å². The minimum atomic E-state index is -0.460. The van der Waals surface area contributed by atoms with Gasteiger partial charge in [-0.15, -0.1) is 0 Å². The second-order valence-electron chi connectivity index (χ2n) is 4.65. The fraction of sp³-hybridized carbons (Fsp3) is 0.462. The molecule has 1 aromatic rings. The highest BCUT2D eigenvalue weighted by Crippen LogP contribution is 2.24. The van der Waals surface area contributed by atoms with E-state index in [2.05, 4.69) is 4.74 Å². The number of carbonyl (C=O) groups excluding carboxylic acids is 1. The molecule has 0 saturated carbocycles. The van der Waals surface area contributed by atoms with Crippen molar-refractivity contribution in [1.82, 2.24) is 4.90 Å². The van der Waals surface area contributed by atoms with Crippen LogP contribution in [0.25, 0.3) is 0 Å². The van der Waals surface area contributed by atoms with Crippen molar-refractivity contribution in [2.75, 3.05) is 20.7 Å². The summed E-state index contributed by atoms with van der Waals surface area (Å²) in [5.74, 6) is -0.598. The van der Waals surface area contributed by atoms with Crippen LogP contribution in [0, 0.1) is 16.0 Å². The maximum Gasteiger partial charge on any atom is 0.309 e. The van der Waals surface area contributed by atoms with Crippen molar-refractivity contribution in [3.05, 3.63) is 38.9 Å². The maximum absolute atomic E-state index is 11.3. The normalized spacial score (nSPS) is 12.2. The third kappa shape index (κ3) is 4.47. The van der Waals surface area contributed by atoms with Gasteiger partial charge in [-0.2, -0.15) is 0 Å². The van der Waals surface area contributed by atoms with E-state index in [9.17, 15) is 14.9 Å². The van der Waals surface area contributed by atoms with Crippen LogP contribution >= 0.6 is 11.6 Å². The highest BCUT2D eigenvalue weighted by molar-refractivity contribution is 6.30. The van der Waals surface area contributed by atoms with Crippen LogP contribution in [0.15, 0.2) is 18.2 Å². The van der Waals surface area contributed by atoms with E-state index in [4.69, 9.17) is 11.6 Å². The summed E-state index contributed by atoms with van der Waals surface area (Å²) in [6, 6.07) is 4.57. The van der Waals surface area contributed by atoms with Crippen molar-refractivity contribution in [2.24, 2.45) is 5.92 Å². The van der Waals surface area contributed by atoms with Gasteiger partial charge in [-0.1, -0.05) is 18.5 Å². The van der Waals surface area contributed by atoms with Crippen molar-refractivity contribution in [2.45, 2.75) is 13.5 Å². The third-order valence-electron chi connectivity index (χ3n) is 2.87. The van der Waals surface area contributed by atoms with E-state index in [0.29, 0.717) is 23.7 Å². The first kappa shape index (κ1) is 16.4. The summed E-state index contributed by atoms with van der Waals surface area (Å²) in [4.78, 5) is 23.7. The molecule has 0 radical (unpaired) electrons. The van der Waals surface area contributed by atoms with Crippen molar-refractivity contribution in [3.63, 3.8) is 0 Å². The second-order valence-corrected chi connectivity index (χ2v) is 5.09. The Morgan fingerprint density at radius 2 is 2.20 bits per heavy atom. The van der Waals surface area contributed by atoms with Gasteiger partial charge in [0.25, 0.3) is 5.69 Å². The number of carbonyl (C=O) groups is 1. The topological polar surface area (TPSA) is 72.7 Å². The molecule has 0 saturated heterocycles. The van der Waals surface area contributed by atoms with Crippen LogP contribution in [0.3, 0.4) is 0 Å². The van der Waals surface area contributed by atoms with Gasteiger partial charge in [0.15, 0.2) is 0 Å². The van der Waals surface area contributed by atoms with Crippen LogP contribution in [0.1, 0.15) is 12.5 Å². The van der Waals surface area contributed by atoms with Crippen molar-refractivity contribution >= 4 is 23.3 Å². The number of nitrogens with zero attached hydrogens (tertiary/aromatic N) is 2. The van der Waals surface area contributed by atoms with E-state index in [0.717, 1.165) is 0 Å². The van der Waals surface area contributed by atoms with E-state index in [1.807, 2.05) is 4.90 Å². The molecule has 20 heavy (non-hydrogen) atoms. The van der Waals surface area contributed by atoms with E-state index in [1.165, 1.54) is 13.2 Å². The Balaban J connectivity index is 2.78. The summed E-state index contributed by atoms with van der Waals surface area (Å²) in [7, 11) is 3.13. The second kappa shape index (κ2) is 7.21. The van der Waals surface area contributed by atoms with E-state index in [1.54, 1.807) is 26.1 Å². The number of nitro groups is 1. The minimum Gasteiger partial charge on any atom is -0.469 e. The monoisotopic (exact) mass is 300 g/mol. The number of esters is 1. The average Bonchev–Trinajstić information content (AvgIpc) is 2.39. The molecule has 0 heterocycles. The predicted molar refractivity (Wildman–Crippen MR) is 75.6 cm³/mol. The number of halogens is 1. The first-order chi connectivity index (χ1) is 9.35. The number of benzene rings is 1. The third-order valence-corrected chi connectivity index (χ3v) is 3.11. The van der Waals surface area contributed by atoms with Gasteiger partial charge in [0.05, 0.1) is 18.0 Å². The Bertz CT molecular complexity index is 507. The number of rotatable bonds is 6. The maximum atomic E-state index is 11.3. The van der Waals surface area contributed by atoms with Gasteiger partial charge in [-0.05, 0) is 19.2 Å². The largest absolute Gasteiger partial charge is 0.469 e. The smallest absolute Gasteiger partial charge is 0.309 e. The van der Waals surface area contributed by atoms with E-state index in [-0.39, 0.29) is 17.6 Å². The molecule has 0 fully saturated rings. The van der Waals surface area contributed by atoms with Crippen molar-refractivity contribution in [1.29, 1.82) is 0 Å². The summed E-state index contributed by atoms with van der Waals surface area (Å²) in [6.07, 6.45) is 0. The fourth-order valence-corrected chi connectivity index (χ4v) is 2.11. The number of hydrogen-bond donors (Lipinski definition) is 0. The quantitative estimate of drug-likeness (QED) is 0.458. The molecule has 0 aliphatic rings. The molecule has 0 aliphatic heterocycles. The van der Waals surface area contributed by atoms with Gasteiger partial charge in [-0.3, -0.25) is 14.9 Å². The van der Waals surface area contributed by atoms with Crippen LogP contribution in [0.2, 0.25) is 5.02 Å². The Labute approximate surface area is 122 Å². The zero-order chi connectivity index (χ0) is 15.3. The Morgan fingerprint density at radius 3 is 2.75 bits per heavy atom. The molecule has 0 aliphatic carbocycles. The number of hydrogen-bond acceptors (Lipinski definition) is 5. The first-order valence-corrected chi connectivity index (χ1v) is 6.42. The van der Waals surface area contributed by atoms with Gasteiger partial charge in [0, 0.05) is 29.7 Å². The fourth-order valence-electron chi connectivity index (χ4n) is 1.94. The molecule has 0 aromatic heterocycles. The molecule has 1 unspecified atom stereocenters. The van der Waals surface area contributed by atoms with Crippen LogP contribution < -0.4 is 0 Å². The SMILES string of the molecule is COC(=O)C(C)CN(C)Cc1ccc(Cl)cc1[N+](=O)[O-]. The summed E-state index contributed by atoms with van der Waals surface area (Å²) in [5, 5.41) is 11.3. The molecule has 1 atom stereocenters. The van der Waals surface area contributed by atoms with Crippen LogP contribution in [-0.4, -0.2) is 36.5 Å². The average molecular weight is 301 g/mol. The molecule has 0 N–H and O–H groups in total. The standard InChI is InChI=1S/C13H17ClN2O4/c1-9(13(17)20-3)7-15(2)8-10-4-5-11(14)6-12(10)16(18)19/h4-6,9H,7-8H2,1-3H3.